The molecule has 1 aliphatic rings. The molecule has 0 unspecified atom stereocenters. The van der Waals surface area contributed by atoms with Gasteiger partial charge in [0.25, 0.3) is 5.91 Å². The predicted molar refractivity (Wildman–Crippen MR) is 111 cm³/mol. The molecular weight excluding hydrogens is 360 g/mol. The molecule has 0 aliphatic carbocycles. The molecule has 0 N–H and O–H groups in total. The first-order valence-corrected chi connectivity index (χ1v) is 9.56. The van der Waals surface area contributed by atoms with Gasteiger partial charge in [0.05, 0.1) is 24.3 Å². The summed E-state index contributed by atoms with van der Waals surface area (Å²) < 4.78 is 11.1. The molecule has 27 heavy (non-hydrogen) atoms. The standard InChI is InChI=1S/C21H22N2O3S/c1-4-12-26-17-11-10-15(13-18(17)25-3)14-19-20(24)23(2)21(27-19)22-16-8-6-5-7-9-16/h5-11,13-14H,4,12H2,1-3H3/b19-14+,22-21?. The monoisotopic (exact) mass is 382 g/mol. The summed E-state index contributed by atoms with van der Waals surface area (Å²) >= 11 is 1.36. The third-order valence-electron chi connectivity index (χ3n) is 3.93. The predicted octanol–water partition coefficient (Wildman–Crippen LogP) is 4.72. The number of likely N-dealkylation sites (N-methyl/N-ethyl adjacent to an activating group) is 1. The molecular formula is C21H22N2O3S. The number of hydrogen-bond acceptors (Lipinski definition) is 5. The lowest BCUT2D eigenvalue weighted by Crippen LogP contribution is -2.23. The van der Waals surface area contributed by atoms with Gasteiger partial charge in [0.1, 0.15) is 0 Å². The van der Waals surface area contributed by atoms with Crippen molar-refractivity contribution in [3.8, 4) is 11.5 Å². The molecule has 140 valence electrons. The zero-order valence-electron chi connectivity index (χ0n) is 15.6. The molecule has 6 heteroatoms. The molecule has 1 amide bonds. The van der Waals surface area contributed by atoms with Gasteiger partial charge in [-0.1, -0.05) is 31.2 Å². The van der Waals surface area contributed by atoms with Crippen LogP contribution in [0.15, 0.2) is 58.4 Å². The summed E-state index contributed by atoms with van der Waals surface area (Å²) in [5.74, 6) is 1.29. The van der Waals surface area contributed by atoms with Gasteiger partial charge in [0.15, 0.2) is 16.7 Å². The molecule has 1 fully saturated rings. The fraction of sp³-hybridized carbons (Fsp3) is 0.238. The second kappa shape index (κ2) is 8.77. The number of hydrogen-bond donors (Lipinski definition) is 0. The van der Waals surface area contributed by atoms with Crippen molar-refractivity contribution in [2.24, 2.45) is 4.99 Å². The normalized spacial score (nSPS) is 17.0. The maximum Gasteiger partial charge on any atom is 0.266 e. The zero-order valence-corrected chi connectivity index (χ0v) is 16.5. The second-order valence-electron chi connectivity index (χ2n) is 5.96. The number of amidine groups is 1. The van der Waals surface area contributed by atoms with Crippen molar-refractivity contribution in [3.05, 3.63) is 59.0 Å². The number of methoxy groups -OCH3 is 1. The highest BCUT2D eigenvalue weighted by molar-refractivity contribution is 8.18. The smallest absolute Gasteiger partial charge is 0.266 e. The van der Waals surface area contributed by atoms with Crippen molar-refractivity contribution >= 4 is 34.6 Å². The van der Waals surface area contributed by atoms with Crippen molar-refractivity contribution in [3.63, 3.8) is 0 Å². The van der Waals surface area contributed by atoms with Crippen LogP contribution in [0.5, 0.6) is 11.5 Å². The van der Waals surface area contributed by atoms with Gasteiger partial charge >= 0.3 is 0 Å². The molecule has 3 rings (SSSR count). The molecule has 1 heterocycles. The molecule has 0 aromatic heterocycles. The Bertz CT molecular complexity index is 878. The third kappa shape index (κ3) is 4.52. The number of thioether (sulfide) groups is 1. The number of carbonyl (C=O) groups is 1. The Kier molecular flexibility index (Phi) is 6.19. The molecule has 0 atom stereocenters. The van der Waals surface area contributed by atoms with Crippen LogP contribution in [-0.2, 0) is 4.79 Å². The van der Waals surface area contributed by atoms with Crippen molar-refractivity contribution in [2.45, 2.75) is 13.3 Å². The summed E-state index contributed by atoms with van der Waals surface area (Å²) in [6.07, 6.45) is 2.78. The van der Waals surface area contributed by atoms with E-state index in [9.17, 15) is 4.79 Å². The van der Waals surface area contributed by atoms with Gasteiger partial charge in [-0.15, -0.1) is 0 Å². The highest BCUT2D eigenvalue weighted by Gasteiger charge is 2.30. The number of nitrogens with zero attached hydrogens (tertiary/aromatic N) is 2. The fourth-order valence-electron chi connectivity index (χ4n) is 2.52. The largest absolute Gasteiger partial charge is 0.493 e. The summed E-state index contributed by atoms with van der Waals surface area (Å²) in [7, 11) is 3.35. The first-order valence-electron chi connectivity index (χ1n) is 8.74. The van der Waals surface area contributed by atoms with Crippen LogP contribution in [0.3, 0.4) is 0 Å². The Labute approximate surface area is 163 Å². The summed E-state index contributed by atoms with van der Waals surface area (Å²) in [5, 5.41) is 0.660. The van der Waals surface area contributed by atoms with E-state index in [1.807, 2.05) is 54.6 Å². The van der Waals surface area contributed by atoms with Gasteiger partial charge in [0.2, 0.25) is 0 Å². The van der Waals surface area contributed by atoms with Gasteiger partial charge in [0, 0.05) is 7.05 Å². The van der Waals surface area contributed by atoms with E-state index in [0.29, 0.717) is 28.2 Å². The van der Waals surface area contributed by atoms with E-state index in [2.05, 4.69) is 11.9 Å². The van der Waals surface area contributed by atoms with Gasteiger partial charge in [-0.05, 0) is 54.1 Å². The highest BCUT2D eigenvalue weighted by atomic mass is 32.2. The summed E-state index contributed by atoms with van der Waals surface area (Å²) in [6, 6.07) is 15.3. The van der Waals surface area contributed by atoms with Crippen molar-refractivity contribution in [2.75, 3.05) is 20.8 Å². The van der Waals surface area contributed by atoms with Crippen molar-refractivity contribution < 1.29 is 14.3 Å². The van der Waals surface area contributed by atoms with Crippen molar-refractivity contribution in [1.29, 1.82) is 0 Å². The number of ether oxygens (including phenoxy) is 2. The first-order chi connectivity index (χ1) is 13.1. The highest BCUT2D eigenvalue weighted by Crippen LogP contribution is 2.35. The summed E-state index contributed by atoms with van der Waals surface area (Å²) in [6.45, 7) is 2.69. The molecule has 0 saturated carbocycles. The summed E-state index contributed by atoms with van der Waals surface area (Å²) in [4.78, 5) is 19.3. The topological polar surface area (TPSA) is 51.1 Å². The minimum absolute atomic E-state index is 0.0695. The molecule has 2 aromatic carbocycles. The van der Waals surface area contributed by atoms with Gasteiger partial charge in [-0.2, -0.15) is 0 Å². The molecule has 2 aromatic rings. The van der Waals surface area contributed by atoms with Crippen LogP contribution in [0, 0.1) is 0 Å². The number of aliphatic imine (C=N–C) groups is 1. The lowest BCUT2D eigenvalue weighted by Gasteiger charge is -2.10. The van der Waals surface area contributed by atoms with Gasteiger partial charge < -0.3 is 9.47 Å². The van der Waals surface area contributed by atoms with E-state index in [0.717, 1.165) is 17.7 Å². The maximum atomic E-state index is 12.6. The minimum Gasteiger partial charge on any atom is -0.493 e. The number of benzene rings is 2. The Hall–Kier alpha value is -2.73. The number of rotatable bonds is 6. The Morgan fingerprint density at radius 2 is 1.93 bits per heavy atom. The molecule has 1 aliphatic heterocycles. The van der Waals surface area contributed by atoms with E-state index in [4.69, 9.17) is 9.47 Å². The van der Waals surface area contributed by atoms with Crippen LogP contribution in [0.25, 0.3) is 6.08 Å². The fourth-order valence-corrected chi connectivity index (χ4v) is 3.51. The summed E-state index contributed by atoms with van der Waals surface area (Å²) in [5.41, 5.74) is 1.70. The molecule has 0 spiro atoms. The second-order valence-corrected chi connectivity index (χ2v) is 6.97. The van der Waals surface area contributed by atoms with Crippen LogP contribution in [0.1, 0.15) is 18.9 Å². The van der Waals surface area contributed by atoms with Crippen LogP contribution in [0.2, 0.25) is 0 Å². The Morgan fingerprint density at radius 1 is 1.15 bits per heavy atom. The number of para-hydroxylation sites is 1. The van der Waals surface area contributed by atoms with Gasteiger partial charge in [-0.3, -0.25) is 9.69 Å². The molecule has 1 saturated heterocycles. The Balaban J connectivity index is 1.84. The Morgan fingerprint density at radius 3 is 2.63 bits per heavy atom. The minimum atomic E-state index is -0.0695. The van der Waals surface area contributed by atoms with E-state index in [-0.39, 0.29) is 5.91 Å². The van der Waals surface area contributed by atoms with Crippen LogP contribution in [0.4, 0.5) is 5.69 Å². The zero-order chi connectivity index (χ0) is 19.2. The number of amides is 1. The molecule has 0 bridgehead atoms. The van der Waals surface area contributed by atoms with E-state index >= 15 is 0 Å². The van der Waals surface area contributed by atoms with Crippen LogP contribution < -0.4 is 9.47 Å². The van der Waals surface area contributed by atoms with Crippen LogP contribution in [-0.4, -0.2) is 36.7 Å². The SMILES string of the molecule is CCCOc1ccc(/C=C2/SC(=Nc3ccccc3)N(C)C2=O)cc1OC. The van der Waals surface area contributed by atoms with Crippen LogP contribution >= 0.6 is 11.8 Å². The van der Waals surface area contributed by atoms with E-state index in [1.165, 1.54) is 11.8 Å². The first kappa shape index (κ1) is 19.0. The van der Waals surface area contributed by atoms with E-state index in [1.54, 1.807) is 19.1 Å². The molecule has 0 radical (unpaired) electrons. The average Bonchev–Trinajstić information content (AvgIpc) is 2.95. The lowest BCUT2D eigenvalue weighted by atomic mass is 10.2. The lowest BCUT2D eigenvalue weighted by molar-refractivity contribution is -0.121. The number of carbonyl (C=O) groups excluding carboxylic acids is 1. The maximum absolute atomic E-state index is 12.6. The third-order valence-corrected chi connectivity index (χ3v) is 4.99. The average molecular weight is 382 g/mol. The quantitative estimate of drug-likeness (QED) is 0.679. The van der Waals surface area contributed by atoms with Gasteiger partial charge in [-0.25, -0.2) is 4.99 Å². The van der Waals surface area contributed by atoms with E-state index < -0.39 is 0 Å². The molecule has 5 nitrogen and oxygen atoms in total. The van der Waals surface area contributed by atoms with Crippen molar-refractivity contribution in [1.82, 2.24) is 4.90 Å².